The van der Waals surface area contributed by atoms with Crippen LogP contribution in [0, 0.1) is 11.9 Å². The van der Waals surface area contributed by atoms with Gasteiger partial charge in [-0.1, -0.05) is 6.07 Å². The second-order valence-corrected chi connectivity index (χ2v) is 4.40. The quantitative estimate of drug-likeness (QED) is 0.744. The van der Waals surface area contributed by atoms with Crippen molar-refractivity contribution in [3.05, 3.63) is 24.1 Å². The van der Waals surface area contributed by atoms with Crippen LogP contribution in [0.1, 0.15) is 25.7 Å². The minimum absolute atomic E-state index is 0.279. The number of anilines is 1. The molecule has 0 unspecified atom stereocenters. The number of pyridine rings is 1. The molecule has 3 heteroatoms. The summed E-state index contributed by atoms with van der Waals surface area (Å²) in [6.07, 6.45) is 5.08. The predicted octanol–water partition coefficient (Wildman–Crippen LogP) is 2.58. The van der Waals surface area contributed by atoms with Crippen LogP contribution in [0.15, 0.2) is 18.2 Å². The van der Waals surface area contributed by atoms with Crippen molar-refractivity contribution in [2.75, 3.05) is 5.32 Å². The molecule has 1 N–H and O–H groups in total. The lowest BCUT2D eigenvalue weighted by Crippen LogP contribution is -2.24. The molecule has 2 nitrogen and oxygen atoms in total. The minimum atomic E-state index is -0.401. The molecule has 2 aliphatic rings. The van der Waals surface area contributed by atoms with Crippen LogP contribution in [0.2, 0.25) is 0 Å². The van der Waals surface area contributed by atoms with Crippen LogP contribution in [0.3, 0.4) is 0 Å². The van der Waals surface area contributed by atoms with Crippen molar-refractivity contribution in [2.24, 2.45) is 5.92 Å². The maximum atomic E-state index is 12.8. The molecule has 14 heavy (non-hydrogen) atoms. The van der Waals surface area contributed by atoms with E-state index in [1.807, 2.05) is 6.07 Å². The lowest BCUT2D eigenvalue weighted by molar-refractivity contribution is 0.578. The Labute approximate surface area is 82.5 Å². The normalized spacial score (nSPS) is 23.2. The van der Waals surface area contributed by atoms with Crippen molar-refractivity contribution < 1.29 is 4.39 Å². The molecule has 2 aliphatic carbocycles. The van der Waals surface area contributed by atoms with Crippen LogP contribution in [0.4, 0.5) is 10.2 Å². The first-order valence-corrected chi connectivity index (χ1v) is 5.19. The summed E-state index contributed by atoms with van der Waals surface area (Å²) in [5, 5.41) is 3.38. The Morgan fingerprint density at radius 3 is 2.71 bits per heavy atom. The first kappa shape index (κ1) is 8.21. The lowest BCUT2D eigenvalue weighted by Gasteiger charge is -2.16. The fourth-order valence-corrected chi connectivity index (χ4v) is 2.14. The topological polar surface area (TPSA) is 24.9 Å². The van der Waals surface area contributed by atoms with Gasteiger partial charge in [0, 0.05) is 5.54 Å². The van der Waals surface area contributed by atoms with Crippen LogP contribution in [0.5, 0.6) is 0 Å². The first-order chi connectivity index (χ1) is 6.78. The Kier molecular flexibility index (Phi) is 1.58. The number of hydrogen-bond acceptors (Lipinski definition) is 2. The molecule has 3 rings (SSSR count). The highest BCUT2D eigenvalue weighted by Crippen LogP contribution is 2.55. The van der Waals surface area contributed by atoms with Gasteiger partial charge < -0.3 is 5.32 Å². The summed E-state index contributed by atoms with van der Waals surface area (Å²) < 4.78 is 12.8. The second kappa shape index (κ2) is 2.69. The molecule has 74 valence electrons. The van der Waals surface area contributed by atoms with E-state index in [-0.39, 0.29) is 5.54 Å². The van der Waals surface area contributed by atoms with E-state index < -0.39 is 5.95 Å². The van der Waals surface area contributed by atoms with E-state index in [0.717, 1.165) is 5.92 Å². The van der Waals surface area contributed by atoms with Gasteiger partial charge in [-0.15, -0.1) is 0 Å². The molecule has 0 atom stereocenters. The number of halogens is 1. The van der Waals surface area contributed by atoms with E-state index in [4.69, 9.17) is 0 Å². The number of hydrogen-bond donors (Lipinski definition) is 1. The summed E-state index contributed by atoms with van der Waals surface area (Å²) in [6, 6.07) is 4.92. The SMILES string of the molecule is Fc1cccc(NC2(C3CC3)CC2)n1. The molecule has 0 aliphatic heterocycles. The number of nitrogens with one attached hydrogen (secondary N) is 1. The monoisotopic (exact) mass is 192 g/mol. The molecule has 0 aromatic carbocycles. The van der Waals surface area contributed by atoms with E-state index >= 15 is 0 Å². The Bertz CT molecular complexity index is 356. The average Bonchev–Trinajstić information content (AvgIpc) is 2.99. The van der Waals surface area contributed by atoms with Crippen LogP contribution in [-0.4, -0.2) is 10.5 Å². The van der Waals surface area contributed by atoms with Gasteiger partial charge in [0.25, 0.3) is 0 Å². The summed E-state index contributed by atoms with van der Waals surface area (Å²) in [5.74, 6) is 1.10. The Morgan fingerprint density at radius 2 is 2.14 bits per heavy atom. The maximum Gasteiger partial charge on any atom is 0.214 e. The van der Waals surface area contributed by atoms with Gasteiger partial charge in [0.05, 0.1) is 0 Å². The summed E-state index contributed by atoms with van der Waals surface area (Å²) in [7, 11) is 0. The van der Waals surface area contributed by atoms with E-state index in [1.54, 1.807) is 6.07 Å². The summed E-state index contributed by atoms with van der Waals surface area (Å²) >= 11 is 0. The molecular formula is C11H13FN2. The van der Waals surface area contributed by atoms with Crippen LogP contribution in [0.25, 0.3) is 0 Å². The predicted molar refractivity (Wildman–Crippen MR) is 52.5 cm³/mol. The molecule has 0 amide bonds. The Morgan fingerprint density at radius 1 is 1.36 bits per heavy atom. The third-order valence-electron chi connectivity index (χ3n) is 3.24. The van der Waals surface area contributed by atoms with Crippen molar-refractivity contribution in [2.45, 2.75) is 31.2 Å². The van der Waals surface area contributed by atoms with Crippen molar-refractivity contribution in [1.29, 1.82) is 0 Å². The highest BCUT2D eigenvalue weighted by Gasteiger charge is 2.54. The van der Waals surface area contributed by atoms with Crippen molar-refractivity contribution in [3.63, 3.8) is 0 Å². The molecule has 1 heterocycles. The van der Waals surface area contributed by atoms with E-state index in [2.05, 4.69) is 10.3 Å². The maximum absolute atomic E-state index is 12.8. The highest BCUT2D eigenvalue weighted by molar-refractivity contribution is 5.41. The third-order valence-corrected chi connectivity index (χ3v) is 3.24. The lowest BCUT2D eigenvalue weighted by atomic mass is 10.1. The zero-order chi connectivity index (χ0) is 9.60. The molecule has 1 aromatic rings. The summed E-state index contributed by atoms with van der Waals surface area (Å²) in [6.45, 7) is 0. The van der Waals surface area contributed by atoms with Crippen molar-refractivity contribution in [1.82, 2.24) is 4.98 Å². The van der Waals surface area contributed by atoms with E-state index in [1.165, 1.54) is 31.7 Å². The zero-order valence-electron chi connectivity index (χ0n) is 7.96. The van der Waals surface area contributed by atoms with Gasteiger partial charge in [0.15, 0.2) is 0 Å². The molecule has 2 fully saturated rings. The first-order valence-electron chi connectivity index (χ1n) is 5.19. The van der Waals surface area contributed by atoms with Gasteiger partial charge >= 0.3 is 0 Å². The fourth-order valence-electron chi connectivity index (χ4n) is 2.14. The summed E-state index contributed by atoms with van der Waals surface area (Å²) in [4.78, 5) is 3.83. The van der Waals surface area contributed by atoms with Crippen LogP contribution >= 0.6 is 0 Å². The molecule has 0 bridgehead atoms. The van der Waals surface area contributed by atoms with Crippen LogP contribution in [-0.2, 0) is 0 Å². The molecule has 0 saturated heterocycles. The average molecular weight is 192 g/mol. The number of rotatable bonds is 3. The number of aromatic nitrogens is 1. The van der Waals surface area contributed by atoms with Gasteiger partial charge in [0.1, 0.15) is 5.82 Å². The van der Waals surface area contributed by atoms with E-state index in [9.17, 15) is 4.39 Å². The van der Waals surface area contributed by atoms with Gasteiger partial charge in [0.2, 0.25) is 5.95 Å². The summed E-state index contributed by atoms with van der Waals surface area (Å²) in [5.41, 5.74) is 0.279. The smallest absolute Gasteiger partial charge is 0.214 e. The van der Waals surface area contributed by atoms with Crippen molar-refractivity contribution >= 4 is 5.82 Å². The highest BCUT2D eigenvalue weighted by atomic mass is 19.1. The Hall–Kier alpha value is -1.12. The third kappa shape index (κ3) is 1.37. The largest absolute Gasteiger partial charge is 0.364 e. The Balaban J connectivity index is 1.77. The second-order valence-electron chi connectivity index (χ2n) is 4.40. The fraction of sp³-hybridized carbons (Fsp3) is 0.545. The number of nitrogens with zero attached hydrogens (tertiary/aromatic N) is 1. The zero-order valence-corrected chi connectivity index (χ0v) is 7.96. The van der Waals surface area contributed by atoms with Gasteiger partial charge in [-0.3, -0.25) is 0 Å². The molecule has 2 saturated carbocycles. The molecule has 0 radical (unpaired) electrons. The van der Waals surface area contributed by atoms with Crippen LogP contribution < -0.4 is 5.32 Å². The van der Waals surface area contributed by atoms with Gasteiger partial charge in [-0.2, -0.15) is 4.39 Å². The molecule has 1 aromatic heterocycles. The van der Waals surface area contributed by atoms with Gasteiger partial charge in [-0.05, 0) is 43.7 Å². The molecule has 0 spiro atoms. The molecular weight excluding hydrogens is 179 g/mol. The van der Waals surface area contributed by atoms with Gasteiger partial charge in [-0.25, -0.2) is 4.98 Å². The minimum Gasteiger partial charge on any atom is -0.364 e. The van der Waals surface area contributed by atoms with Crippen molar-refractivity contribution in [3.8, 4) is 0 Å². The van der Waals surface area contributed by atoms with E-state index in [0.29, 0.717) is 5.82 Å². The standard InChI is InChI=1S/C11H13FN2/c12-9-2-1-3-10(13-9)14-11(6-7-11)8-4-5-8/h1-3,8H,4-7H2,(H,13,14).